The predicted octanol–water partition coefficient (Wildman–Crippen LogP) is 3.35. The van der Waals surface area contributed by atoms with Crippen molar-refractivity contribution in [3.63, 3.8) is 0 Å². The second-order valence-corrected chi connectivity index (χ2v) is 5.37. The topological polar surface area (TPSA) is 59.4 Å². The fraction of sp³-hybridized carbons (Fsp3) is 0.286. The highest BCUT2D eigenvalue weighted by Gasteiger charge is 2.10. The van der Waals surface area contributed by atoms with Crippen LogP contribution in [-0.4, -0.2) is 16.1 Å². The molecule has 100 valence electrons. The number of aromatic carboxylic acids is 1. The molecule has 19 heavy (non-hydrogen) atoms. The first-order valence-electron chi connectivity index (χ1n) is 5.85. The molecule has 1 aromatic carbocycles. The van der Waals surface area contributed by atoms with E-state index in [1.54, 1.807) is 0 Å². The van der Waals surface area contributed by atoms with Crippen LogP contribution in [0.15, 0.2) is 17.5 Å². The zero-order chi connectivity index (χ0) is 14.0. The minimum absolute atomic E-state index is 0.0701. The van der Waals surface area contributed by atoms with E-state index in [1.807, 2.05) is 26.8 Å². The molecule has 0 amide bonds. The predicted molar refractivity (Wildman–Crippen MR) is 74.1 cm³/mol. The molecular formula is C14H15NO3S. The molecular weight excluding hydrogens is 262 g/mol. The van der Waals surface area contributed by atoms with E-state index >= 15 is 0 Å². The van der Waals surface area contributed by atoms with Crippen LogP contribution in [0.3, 0.4) is 0 Å². The van der Waals surface area contributed by atoms with Crippen molar-refractivity contribution in [1.29, 1.82) is 0 Å². The van der Waals surface area contributed by atoms with Crippen LogP contribution in [0.25, 0.3) is 0 Å². The van der Waals surface area contributed by atoms with Gasteiger partial charge in [-0.25, -0.2) is 9.78 Å². The summed E-state index contributed by atoms with van der Waals surface area (Å²) in [6.07, 6.45) is 0. The van der Waals surface area contributed by atoms with Crippen LogP contribution in [0.4, 0.5) is 0 Å². The van der Waals surface area contributed by atoms with Gasteiger partial charge < -0.3 is 9.84 Å². The molecule has 2 rings (SSSR count). The van der Waals surface area contributed by atoms with Crippen LogP contribution in [0.1, 0.15) is 32.2 Å². The number of thiazole rings is 1. The monoisotopic (exact) mass is 277 g/mol. The van der Waals surface area contributed by atoms with E-state index in [1.165, 1.54) is 22.3 Å². The van der Waals surface area contributed by atoms with Crippen LogP contribution in [0.2, 0.25) is 0 Å². The number of carboxylic acids is 1. The van der Waals surface area contributed by atoms with Gasteiger partial charge in [-0.1, -0.05) is 6.07 Å². The number of ether oxygens (including phenoxy) is 1. The molecule has 0 unspecified atom stereocenters. The molecule has 0 saturated heterocycles. The average Bonchev–Trinajstić information content (AvgIpc) is 2.81. The highest BCUT2D eigenvalue weighted by molar-refractivity contribution is 7.09. The normalized spacial score (nSPS) is 10.5. The maximum absolute atomic E-state index is 10.7. The Hall–Kier alpha value is -1.88. The summed E-state index contributed by atoms with van der Waals surface area (Å²) in [7, 11) is 0. The van der Waals surface area contributed by atoms with Gasteiger partial charge in [-0.2, -0.15) is 0 Å². The summed E-state index contributed by atoms with van der Waals surface area (Å²) in [5, 5.41) is 11.0. The summed E-state index contributed by atoms with van der Waals surface area (Å²) in [5.41, 5.74) is 3.49. The first-order chi connectivity index (χ1) is 8.97. The second kappa shape index (κ2) is 5.40. The van der Waals surface area contributed by atoms with E-state index < -0.39 is 5.97 Å². The largest absolute Gasteiger partial charge is 0.486 e. The molecule has 0 aliphatic heterocycles. The lowest BCUT2D eigenvalue weighted by Crippen LogP contribution is -2.00. The third kappa shape index (κ3) is 3.12. The van der Waals surface area contributed by atoms with Crippen LogP contribution >= 0.6 is 11.3 Å². The number of carboxylic acid groups (broad SMARTS) is 1. The summed E-state index contributed by atoms with van der Waals surface area (Å²) in [6.45, 7) is 6.36. The summed E-state index contributed by atoms with van der Waals surface area (Å²) in [4.78, 5) is 14.7. The van der Waals surface area contributed by atoms with Gasteiger partial charge in [-0.15, -0.1) is 11.3 Å². The van der Waals surface area contributed by atoms with E-state index in [9.17, 15) is 4.79 Å². The molecule has 2 aromatic rings. The number of hydrogen-bond donors (Lipinski definition) is 1. The first-order valence-corrected chi connectivity index (χ1v) is 6.73. The molecule has 0 atom stereocenters. The lowest BCUT2D eigenvalue weighted by atomic mass is 10.1. The van der Waals surface area contributed by atoms with Gasteiger partial charge in [0, 0.05) is 5.38 Å². The van der Waals surface area contributed by atoms with Crippen molar-refractivity contribution in [2.45, 2.75) is 27.4 Å². The molecule has 0 bridgehead atoms. The first kappa shape index (κ1) is 13.5. The Morgan fingerprint density at radius 2 is 2.11 bits per heavy atom. The van der Waals surface area contributed by atoms with Crippen molar-refractivity contribution >= 4 is 17.3 Å². The Kier molecular flexibility index (Phi) is 3.85. The van der Waals surface area contributed by atoms with Gasteiger partial charge in [0.25, 0.3) is 0 Å². The van der Waals surface area contributed by atoms with Gasteiger partial charge in [0.2, 0.25) is 0 Å². The van der Waals surface area contributed by atoms with Crippen molar-refractivity contribution in [3.8, 4) is 5.75 Å². The lowest BCUT2D eigenvalue weighted by molar-refractivity contribution is 0.0691. The molecule has 0 aliphatic carbocycles. The van der Waals surface area contributed by atoms with Crippen molar-refractivity contribution in [1.82, 2.24) is 4.98 Å². The van der Waals surface area contributed by atoms with Gasteiger partial charge >= 0.3 is 5.97 Å². The van der Waals surface area contributed by atoms with Gasteiger partial charge in [0.1, 0.15) is 17.4 Å². The van der Waals surface area contributed by atoms with E-state index in [0.717, 1.165) is 16.9 Å². The molecule has 1 heterocycles. The van der Waals surface area contributed by atoms with Crippen LogP contribution < -0.4 is 4.74 Å². The highest BCUT2D eigenvalue weighted by atomic mass is 32.1. The summed E-state index contributed by atoms with van der Waals surface area (Å²) >= 11 is 1.29. The molecule has 0 radical (unpaired) electrons. The average molecular weight is 277 g/mol. The summed E-state index contributed by atoms with van der Waals surface area (Å²) in [5.74, 6) is -0.186. The summed E-state index contributed by atoms with van der Waals surface area (Å²) < 4.78 is 5.73. The number of carbonyl (C=O) groups is 1. The van der Waals surface area contributed by atoms with Crippen molar-refractivity contribution in [3.05, 3.63) is 44.9 Å². The molecule has 0 saturated carbocycles. The SMILES string of the molecule is Cc1cc(C)c(C)c(OCc2nc(C(=O)O)cs2)c1. The third-order valence-electron chi connectivity index (χ3n) is 2.89. The smallest absolute Gasteiger partial charge is 0.355 e. The maximum atomic E-state index is 10.7. The molecule has 4 nitrogen and oxygen atoms in total. The fourth-order valence-corrected chi connectivity index (χ4v) is 2.44. The zero-order valence-corrected chi connectivity index (χ0v) is 11.9. The van der Waals surface area contributed by atoms with E-state index in [-0.39, 0.29) is 5.69 Å². The van der Waals surface area contributed by atoms with Gasteiger partial charge in [-0.05, 0) is 43.5 Å². The van der Waals surface area contributed by atoms with E-state index in [4.69, 9.17) is 9.84 Å². The third-order valence-corrected chi connectivity index (χ3v) is 3.71. The highest BCUT2D eigenvalue weighted by Crippen LogP contribution is 2.24. The van der Waals surface area contributed by atoms with Gasteiger partial charge in [-0.3, -0.25) is 0 Å². The van der Waals surface area contributed by atoms with Crippen molar-refractivity contribution in [2.24, 2.45) is 0 Å². The summed E-state index contributed by atoms with van der Waals surface area (Å²) in [6, 6.07) is 4.09. The van der Waals surface area contributed by atoms with Crippen LogP contribution in [0, 0.1) is 20.8 Å². The Morgan fingerprint density at radius 1 is 1.37 bits per heavy atom. The molecule has 0 spiro atoms. The number of aromatic nitrogens is 1. The quantitative estimate of drug-likeness (QED) is 0.931. The van der Waals surface area contributed by atoms with Crippen LogP contribution in [-0.2, 0) is 6.61 Å². The maximum Gasteiger partial charge on any atom is 0.355 e. The number of rotatable bonds is 4. The minimum Gasteiger partial charge on any atom is -0.486 e. The molecule has 1 aromatic heterocycles. The van der Waals surface area contributed by atoms with Crippen molar-refractivity contribution in [2.75, 3.05) is 0 Å². The van der Waals surface area contributed by atoms with Crippen LogP contribution in [0.5, 0.6) is 5.75 Å². The lowest BCUT2D eigenvalue weighted by Gasteiger charge is -2.11. The Bertz CT molecular complexity index is 619. The number of hydrogen-bond acceptors (Lipinski definition) is 4. The van der Waals surface area contributed by atoms with Gasteiger partial charge in [0.15, 0.2) is 5.69 Å². The molecule has 0 fully saturated rings. The van der Waals surface area contributed by atoms with Crippen molar-refractivity contribution < 1.29 is 14.6 Å². The molecule has 0 aliphatic rings. The minimum atomic E-state index is -1.01. The number of benzene rings is 1. The molecule has 5 heteroatoms. The standard InChI is InChI=1S/C14H15NO3S/c1-8-4-9(2)10(3)12(5-8)18-6-13-15-11(7-19-13)14(16)17/h4-5,7H,6H2,1-3H3,(H,16,17). The van der Waals surface area contributed by atoms with E-state index in [2.05, 4.69) is 11.1 Å². The second-order valence-electron chi connectivity index (χ2n) is 4.43. The van der Waals surface area contributed by atoms with E-state index in [0.29, 0.717) is 11.6 Å². The molecule has 1 N–H and O–H groups in total. The Balaban J connectivity index is 2.12. The number of nitrogens with zero attached hydrogens (tertiary/aromatic N) is 1. The Labute approximate surface area is 115 Å². The Morgan fingerprint density at radius 3 is 2.74 bits per heavy atom. The number of aryl methyl sites for hydroxylation is 2. The fourth-order valence-electron chi connectivity index (χ4n) is 1.77. The van der Waals surface area contributed by atoms with Gasteiger partial charge in [0.05, 0.1) is 0 Å². The zero-order valence-electron chi connectivity index (χ0n) is 11.1.